The van der Waals surface area contributed by atoms with Gasteiger partial charge in [-0.3, -0.25) is 29.0 Å². The maximum absolute atomic E-state index is 14.6. The zero-order valence-corrected chi connectivity index (χ0v) is 48.6. The highest BCUT2D eigenvalue weighted by molar-refractivity contribution is 5.93. The van der Waals surface area contributed by atoms with Crippen molar-refractivity contribution in [2.45, 2.75) is 206 Å². The highest BCUT2D eigenvalue weighted by Gasteiger charge is 2.57. The largest absolute Gasteiger partial charge is 0.508 e. The predicted octanol–water partition coefficient (Wildman–Crippen LogP) is 6.22. The molecule has 18 nitrogen and oxygen atoms in total. The van der Waals surface area contributed by atoms with Crippen LogP contribution in [0.4, 0.5) is 0 Å². The average Bonchev–Trinajstić information content (AvgIpc) is 3.55. The Kier molecular flexibility index (Phi) is 22.5. The van der Waals surface area contributed by atoms with Gasteiger partial charge in [0.25, 0.3) is 5.91 Å². The summed E-state index contributed by atoms with van der Waals surface area (Å²) in [6, 6.07) is 3.25. The summed E-state index contributed by atoms with van der Waals surface area (Å²) in [4.78, 5) is 70.6. The molecule has 5 heterocycles. The number of cyclic esters (lactones) is 1. The molecule has 4 amide bonds. The van der Waals surface area contributed by atoms with Crippen LogP contribution in [0.1, 0.15) is 139 Å². The van der Waals surface area contributed by atoms with Crippen LogP contribution in [0.3, 0.4) is 0 Å². The molecule has 2 bridgehead atoms. The number of methoxy groups -OCH3 is 1. The lowest BCUT2D eigenvalue weighted by Crippen LogP contribution is -2.71. The lowest BCUT2D eigenvalue weighted by atomic mass is 9.69. The number of aromatic hydroxyl groups is 1. The lowest BCUT2D eigenvalue weighted by Gasteiger charge is -2.56. The van der Waals surface area contributed by atoms with E-state index in [1.165, 1.54) is 24.3 Å². The second-order valence-electron chi connectivity index (χ2n) is 23.9. The van der Waals surface area contributed by atoms with Gasteiger partial charge >= 0.3 is 5.97 Å². The number of hydrogen-bond acceptors (Lipinski definition) is 14. The molecule has 4 fully saturated rings. The number of carbonyl (C=O) groups excluding carboxylic acids is 5. The molecule has 5 aliphatic heterocycles. The number of nitrogens with one attached hydrogen (secondary N) is 4. The number of aliphatic hydroxyl groups excluding tert-OH is 3. The van der Waals surface area contributed by atoms with E-state index in [9.17, 15) is 44.4 Å². The molecule has 1 aromatic carbocycles. The van der Waals surface area contributed by atoms with E-state index in [2.05, 4.69) is 28.3 Å². The van der Waals surface area contributed by atoms with Crippen LogP contribution in [0.2, 0.25) is 0 Å². The van der Waals surface area contributed by atoms with Gasteiger partial charge in [0.05, 0.1) is 36.4 Å². The molecule has 6 rings (SSSR count). The van der Waals surface area contributed by atoms with Gasteiger partial charge in [-0.2, -0.15) is 0 Å². The van der Waals surface area contributed by atoms with Crippen molar-refractivity contribution < 1.29 is 63.3 Å². The fourth-order valence-corrected chi connectivity index (χ4v) is 12.1. The van der Waals surface area contributed by atoms with Crippen LogP contribution < -0.4 is 21.4 Å². The van der Waals surface area contributed by atoms with Crippen molar-refractivity contribution in [1.82, 2.24) is 26.4 Å². The summed E-state index contributed by atoms with van der Waals surface area (Å²) in [5.74, 6) is -5.81. The smallest absolute Gasteiger partial charge is 0.325 e. The number of esters is 1. The van der Waals surface area contributed by atoms with Crippen LogP contribution in [-0.4, -0.2) is 135 Å². The van der Waals surface area contributed by atoms with Gasteiger partial charge < -0.3 is 55.3 Å². The molecule has 18 atom stereocenters. The first-order chi connectivity index (χ1) is 37.4. The maximum Gasteiger partial charge on any atom is 0.325 e. The van der Waals surface area contributed by atoms with Gasteiger partial charge in [-0.1, -0.05) is 110 Å². The fraction of sp³-hybridized carbons (Fsp3) is 0.689. The summed E-state index contributed by atoms with van der Waals surface area (Å²) >= 11 is 0. The van der Waals surface area contributed by atoms with Crippen molar-refractivity contribution in [3.8, 4) is 5.75 Å². The normalized spacial score (nSPS) is 37.4. The van der Waals surface area contributed by atoms with Crippen molar-refractivity contribution in [2.75, 3.05) is 13.7 Å². The molecule has 1 aromatic rings. The summed E-state index contributed by atoms with van der Waals surface area (Å²) in [6.45, 7) is 19.2. The molecular formula is C61H93N5O13. The molecule has 0 unspecified atom stereocenters. The number of ether oxygens (including phenoxy) is 4. The molecule has 0 aliphatic carbocycles. The number of hydrazine groups is 1. The number of fused-ring (bicyclic) bond motifs is 3. The summed E-state index contributed by atoms with van der Waals surface area (Å²) in [7, 11) is 1.53. The molecule has 1 spiro atoms. The van der Waals surface area contributed by atoms with E-state index in [1.807, 2.05) is 58.9 Å². The van der Waals surface area contributed by atoms with E-state index in [4.69, 9.17) is 18.9 Å². The van der Waals surface area contributed by atoms with Crippen molar-refractivity contribution in [2.24, 2.45) is 47.3 Å². The molecule has 0 saturated carbocycles. The van der Waals surface area contributed by atoms with Crippen molar-refractivity contribution in [1.29, 1.82) is 0 Å². The molecule has 18 heteroatoms. The zero-order chi connectivity index (χ0) is 57.9. The Morgan fingerprint density at radius 3 is 2.42 bits per heavy atom. The summed E-state index contributed by atoms with van der Waals surface area (Å²) in [5.41, 5.74) is 3.39. The van der Waals surface area contributed by atoms with E-state index >= 15 is 0 Å². The van der Waals surface area contributed by atoms with Gasteiger partial charge in [-0.25, -0.2) is 5.43 Å². The number of phenolic OH excluding ortho intramolecular Hbond substituents is 1. The highest BCUT2D eigenvalue weighted by atomic mass is 16.7. The Bertz CT molecular complexity index is 2380. The van der Waals surface area contributed by atoms with E-state index in [0.717, 1.165) is 12.0 Å². The molecule has 4 saturated heterocycles. The second kappa shape index (κ2) is 28.2. The number of carbonyl (C=O) groups is 5. The first kappa shape index (κ1) is 63.2. The van der Waals surface area contributed by atoms with E-state index < -0.39 is 108 Å². The minimum absolute atomic E-state index is 0.00586. The molecule has 0 radical (unpaired) electrons. The van der Waals surface area contributed by atoms with E-state index in [-0.39, 0.29) is 60.6 Å². The predicted molar refractivity (Wildman–Crippen MR) is 299 cm³/mol. The topological polar surface area (TPSA) is 255 Å². The summed E-state index contributed by atoms with van der Waals surface area (Å²) in [6.07, 6.45) is 13.0. The number of amides is 4. The van der Waals surface area contributed by atoms with Crippen LogP contribution in [0.5, 0.6) is 5.75 Å². The Morgan fingerprint density at radius 1 is 0.975 bits per heavy atom. The Balaban J connectivity index is 1.20. The van der Waals surface area contributed by atoms with E-state index in [0.29, 0.717) is 56.9 Å². The molecule has 440 valence electrons. The van der Waals surface area contributed by atoms with Crippen LogP contribution in [0.15, 0.2) is 72.4 Å². The minimum Gasteiger partial charge on any atom is -0.508 e. The van der Waals surface area contributed by atoms with Gasteiger partial charge in [0.2, 0.25) is 17.7 Å². The molecule has 0 aromatic heterocycles. The van der Waals surface area contributed by atoms with Crippen LogP contribution in [0, 0.1) is 47.3 Å². The Morgan fingerprint density at radius 2 is 1.72 bits per heavy atom. The zero-order valence-electron chi connectivity index (χ0n) is 48.6. The second-order valence-corrected chi connectivity index (χ2v) is 23.9. The van der Waals surface area contributed by atoms with Gasteiger partial charge in [-0.05, 0) is 93.9 Å². The molecule has 79 heavy (non-hydrogen) atoms. The van der Waals surface area contributed by atoms with Crippen molar-refractivity contribution in [3.63, 3.8) is 0 Å². The third-order valence-electron chi connectivity index (χ3n) is 17.8. The third kappa shape index (κ3) is 15.7. The average molecular weight is 1100 g/mol. The van der Waals surface area contributed by atoms with Crippen LogP contribution in [0.25, 0.3) is 0 Å². The summed E-state index contributed by atoms with van der Waals surface area (Å²) < 4.78 is 25.2. The van der Waals surface area contributed by atoms with Gasteiger partial charge in [0.1, 0.15) is 35.7 Å². The number of aliphatic hydroxyl groups is 3. The summed E-state index contributed by atoms with van der Waals surface area (Å²) in [5, 5.41) is 55.2. The molecule has 5 aliphatic rings. The minimum atomic E-state index is -1.17. The number of piperidine rings is 1. The van der Waals surface area contributed by atoms with Gasteiger partial charge in [0, 0.05) is 68.9 Å². The van der Waals surface area contributed by atoms with E-state index in [1.54, 1.807) is 58.1 Å². The lowest BCUT2D eigenvalue weighted by molar-refractivity contribution is -0.280. The first-order valence-electron chi connectivity index (χ1n) is 29.0. The van der Waals surface area contributed by atoms with Crippen molar-refractivity contribution >= 4 is 29.6 Å². The van der Waals surface area contributed by atoms with Crippen LogP contribution in [-0.2, 0) is 49.3 Å². The number of nitrogens with zero attached hydrogens (tertiary/aromatic N) is 1. The highest BCUT2D eigenvalue weighted by Crippen LogP contribution is 2.46. The molecular weight excluding hydrogens is 1010 g/mol. The standard InChI is InChI=1S/C61H93N5O13/c1-12-43-31-38(6)61(64-55(43)71)41(9)53(70)40(8)51(78-61)34-49(69)36(4)21-15-13-16-22-37(5)50-27-18-14-17-26-48(68)39(7)54-45(28-29-60(10,76-11)79-54)56(72)63-52(35(2)3)57(73)62-47(33-42-23-19-24-44(67)32-42)58(74)66-30-20-25-46(65-66)59(75)77-50/h13-14,16-19,22-24,26,32,35-36,38-41,43,45-54,65,67-70H,12,15,20-21,25,27-31,33-34H2,1-11H3,(H,62,73)(H,63,72)(H,64,71)/b16-13+,18-14+,26-17+,37-22+/t36-,38-,39-,40-,41-,43-,45+,46-,47-,48-,49-,50-,51-,52-,53-,54+,60-,61+/m0/s1. The Hall–Kier alpha value is -4.95. The monoisotopic (exact) mass is 1100 g/mol. The molecule has 8 N–H and O–H groups in total. The van der Waals surface area contributed by atoms with Gasteiger partial charge in [0.15, 0.2) is 5.79 Å². The number of allylic oxidation sites excluding steroid dienone is 5. The number of hydrogen-bond donors (Lipinski definition) is 8. The number of rotatable bonds is 13. The van der Waals surface area contributed by atoms with Gasteiger partial charge in [-0.15, -0.1) is 0 Å². The Labute approximate surface area is 468 Å². The maximum atomic E-state index is 14.6. The van der Waals surface area contributed by atoms with Crippen molar-refractivity contribution in [3.05, 3.63) is 77.9 Å². The van der Waals surface area contributed by atoms with Crippen LogP contribution >= 0.6 is 0 Å². The first-order valence-corrected chi connectivity index (χ1v) is 29.0. The fourth-order valence-electron chi connectivity index (χ4n) is 12.1. The number of benzene rings is 1. The SMILES string of the molecule is CC[C@H]1C[C@H](C)[C@@]2(NC1=O)O[C@@H](C[C@H](O)[C@@H](C)CC/C=C/C=C(\C)[C@@H]1C/C=C/C=C/[C@H](O)[C@H](C)[C@H]3O[C@](C)(OC)CC[C@H]3C(=O)N[C@@H](C(C)C)C(=O)N[C@@H](Cc3cccc(O)c3)C(=O)N3CCC[C@H](N3)C(=O)O1)[C@H](C)[C@H](O)[C@@H]2C. The third-order valence-corrected chi connectivity index (χ3v) is 17.8. The number of phenols is 1. The quantitative estimate of drug-likeness (QED) is 0.0807.